The molecule has 0 aliphatic heterocycles. The standard InChI is InChI=1S/C12H18BrN3O/c1-8-5-3-4-6-10(8)17-11-9(13)7-15-12(14-2)16-11/h7-8,10H,3-6H2,1-2H3,(H,14,15,16). The highest BCUT2D eigenvalue weighted by Gasteiger charge is 2.24. The Morgan fingerprint density at radius 2 is 2.18 bits per heavy atom. The summed E-state index contributed by atoms with van der Waals surface area (Å²) in [7, 11) is 1.80. The summed E-state index contributed by atoms with van der Waals surface area (Å²) in [5.74, 6) is 1.83. The van der Waals surface area contributed by atoms with Crippen LogP contribution in [0.5, 0.6) is 5.88 Å². The van der Waals surface area contributed by atoms with Crippen molar-refractivity contribution < 1.29 is 4.74 Å². The van der Waals surface area contributed by atoms with E-state index in [1.165, 1.54) is 19.3 Å². The van der Waals surface area contributed by atoms with E-state index in [4.69, 9.17) is 4.74 Å². The van der Waals surface area contributed by atoms with Crippen LogP contribution < -0.4 is 10.1 Å². The molecule has 1 saturated carbocycles. The van der Waals surface area contributed by atoms with Gasteiger partial charge in [-0.25, -0.2) is 4.98 Å². The number of rotatable bonds is 3. The smallest absolute Gasteiger partial charge is 0.233 e. The third-order valence-corrected chi connectivity index (χ3v) is 3.78. The van der Waals surface area contributed by atoms with Gasteiger partial charge in [0.15, 0.2) is 0 Å². The van der Waals surface area contributed by atoms with Crippen molar-refractivity contribution in [1.29, 1.82) is 0 Å². The van der Waals surface area contributed by atoms with Gasteiger partial charge in [-0.3, -0.25) is 0 Å². The lowest BCUT2D eigenvalue weighted by Gasteiger charge is -2.29. The average molecular weight is 300 g/mol. The predicted octanol–water partition coefficient (Wildman–Crippen LogP) is 3.24. The zero-order chi connectivity index (χ0) is 12.3. The Morgan fingerprint density at radius 3 is 2.88 bits per heavy atom. The van der Waals surface area contributed by atoms with E-state index >= 15 is 0 Å². The molecule has 4 nitrogen and oxygen atoms in total. The van der Waals surface area contributed by atoms with Crippen molar-refractivity contribution in [2.24, 2.45) is 5.92 Å². The molecule has 0 aromatic carbocycles. The third kappa shape index (κ3) is 3.09. The van der Waals surface area contributed by atoms with Crippen LogP contribution in [0.1, 0.15) is 32.6 Å². The average Bonchev–Trinajstić information content (AvgIpc) is 2.35. The Kier molecular flexibility index (Phi) is 4.20. The monoisotopic (exact) mass is 299 g/mol. The molecule has 0 amide bonds. The van der Waals surface area contributed by atoms with Crippen LogP contribution in [0, 0.1) is 5.92 Å². The van der Waals surface area contributed by atoms with Crippen molar-refractivity contribution in [3.63, 3.8) is 0 Å². The molecule has 1 N–H and O–H groups in total. The highest BCUT2D eigenvalue weighted by molar-refractivity contribution is 9.10. The molecule has 0 saturated heterocycles. The Hall–Kier alpha value is -0.840. The molecule has 0 bridgehead atoms. The number of hydrogen-bond acceptors (Lipinski definition) is 4. The van der Waals surface area contributed by atoms with E-state index in [0.29, 0.717) is 17.7 Å². The Bertz CT molecular complexity index is 386. The van der Waals surface area contributed by atoms with Gasteiger partial charge in [-0.05, 0) is 41.1 Å². The first kappa shape index (κ1) is 12.6. The van der Waals surface area contributed by atoms with Gasteiger partial charge in [0.1, 0.15) is 6.10 Å². The van der Waals surface area contributed by atoms with Gasteiger partial charge in [0.2, 0.25) is 11.8 Å². The molecule has 1 aliphatic carbocycles. The normalized spacial score (nSPS) is 24.4. The molecule has 94 valence electrons. The summed E-state index contributed by atoms with van der Waals surface area (Å²) in [6.45, 7) is 2.25. The second-order valence-corrected chi connectivity index (χ2v) is 5.37. The number of ether oxygens (including phenoxy) is 1. The first-order valence-electron chi connectivity index (χ1n) is 6.07. The molecule has 0 spiro atoms. The SMILES string of the molecule is CNc1ncc(Br)c(OC2CCCCC2C)n1. The number of halogens is 1. The maximum atomic E-state index is 6.00. The van der Waals surface area contributed by atoms with Crippen LogP contribution in [0.25, 0.3) is 0 Å². The fourth-order valence-corrected chi connectivity index (χ4v) is 2.44. The van der Waals surface area contributed by atoms with E-state index in [2.05, 4.69) is 38.1 Å². The van der Waals surface area contributed by atoms with Gasteiger partial charge in [-0.15, -0.1) is 0 Å². The Morgan fingerprint density at radius 1 is 1.41 bits per heavy atom. The lowest BCUT2D eigenvalue weighted by atomic mass is 9.88. The van der Waals surface area contributed by atoms with Gasteiger partial charge in [-0.2, -0.15) is 4.98 Å². The molecule has 1 heterocycles. The van der Waals surface area contributed by atoms with Crippen molar-refractivity contribution in [3.8, 4) is 5.88 Å². The third-order valence-electron chi connectivity index (χ3n) is 3.23. The molecule has 5 heteroatoms. The number of hydrogen-bond donors (Lipinski definition) is 1. The van der Waals surface area contributed by atoms with Gasteiger partial charge >= 0.3 is 0 Å². The summed E-state index contributed by atoms with van der Waals surface area (Å²) in [6.07, 6.45) is 6.92. The van der Waals surface area contributed by atoms with Crippen LogP contribution >= 0.6 is 15.9 Å². The number of nitrogens with one attached hydrogen (secondary N) is 1. The fraction of sp³-hybridized carbons (Fsp3) is 0.667. The maximum absolute atomic E-state index is 6.00. The minimum absolute atomic E-state index is 0.277. The minimum atomic E-state index is 0.277. The molecule has 2 unspecified atom stereocenters. The van der Waals surface area contributed by atoms with Crippen molar-refractivity contribution in [2.45, 2.75) is 38.7 Å². The molecule has 2 atom stereocenters. The lowest BCUT2D eigenvalue weighted by Crippen LogP contribution is -2.28. The fourth-order valence-electron chi connectivity index (χ4n) is 2.16. The molecule has 2 rings (SSSR count). The van der Waals surface area contributed by atoms with Crippen LogP contribution in [0.4, 0.5) is 5.95 Å². The van der Waals surface area contributed by atoms with E-state index in [1.54, 1.807) is 13.2 Å². The highest BCUT2D eigenvalue weighted by Crippen LogP contribution is 2.30. The second-order valence-electron chi connectivity index (χ2n) is 4.51. The van der Waals surface area contributed by atoms with Gasteiger partial charge < -0.3 is 10.1 Å². The van der Waals surface area contributed by atoms with Crippen molar-refractivity contribution in [3.05, 3.63) is 10.7 Å². The predicted molar refractivity (Wildman–Crippen MR) is 71.3 cm³/mol. The van der Waals surface area contributed by atoms with E-state index < -0.39 is 0 Å². The zero-order valence-electron chi connectivity index (χ0n) is 10.2. The lowest BCUT2D eigenvalue weighted by molar-refractivity contribution is 0.0967. The summed E-state index contributed by atoms with van der Waals surface area (Å²) in [4.78, 5) is 8.45. The molecular weight excluding hydrogens is 282 g/mol. The van der Waals surface area contributed by atoms with Crippen LogP contribution in [0.2, 0.25) is 0 Å². The van der Waals surface area contributed by atoms with Crippen LogP contribution in [0.15, 0.2) is 10.7 Å². The van der Waals surface area contributed by atoms with Crippen LogP contribution in [-0.4, -0.2) is 23.1 Å². The molecule has 1 fully saturated rings. The number of anilines is 1. The van der Waals surface area contributed by atoms with E-state index in [1.807, 2.05) is 0 Å². The summed E-state index contributed by atoms with van der Waals surface area (Å²) < 4.78 is 6.82. The topological polar surface area (TPSA) is 47.0 Å². The molecule has 17 heavy (non-hydrogen) atoms. The van der Waals surface area contributed by atoms with Gasteiger partial charge in [0.25, 0.3) is 0 Å². The Labute approximate surface area is 110 Å². The summed E-state index contributed by atoms with van der Waals surface area (Å²) in [5, 5.41) is 2.92. The number of nitrogens with zero attached hydrogens (tertiary/aromatic N) is 2. The van der Waals surface area contributed by atoms with Crippen molar-refractivity contribution in [1.82, 2.24) is 9.97 Å². The van der Waals surface area contributed by atoms with Crippen molar-refractivity contribution >= 4 is 21.9 Å². The maximum Gasteiger partial charge on any atom is 0.233 e. The van der Waals surface area contributed by atoms with Crippen molar-refractivity contribution in [2.75, 3.05) is 12.4 Å². The molecule has 1 aliphatic rings. The largest absolute Gasteiger partial charge is 0.473 e. The number of aromatic nitrogens is 2. The molecular formula is C12H18BrN3O. The first-order chi connectivity index (χ1) is 8.20. The Balaban J connectivity index is 2.11. The van der Waals surface area contributed by atoms with E-state index in [9.17, 15) is 0 Å². The molecule has 1 aromatic heterocycles. The van der Waals surface area contributed by atoms with E-state index in [-0.39, 0.29) is 6.10 Å². The zero-order valence-corrected chi connectivity index (χ0v) is 11.8. The first-order valence-corrected chi connectivity index (χ1v) is 6.87. The second kappa shape index (κ2) is 5.67. The summed E-state index contributed by atoms with van der Waals surface area (Å²) in [6, 6.07) is 0. The highest BCUT2D eigenvalue weighted by atomic mass is 79.9. The molecule has 0 radical (unpaired) electrons. The van der Waals surface area contributed by atoms with Gasteiger partial charge in [0, 0.05) is 7.05 Å². The van der Waals surface area contributed by atoms with E-state index in [0.717, 1.165) is 10.9 Å². The summed E-state index contributed by atoms with van der Waals surface area (Å²) >= 11 is 3.43. The van der Waals surface area contributed by atoms with Gasteiger partial charge in [0.05, 0.1) is 10.7 Å². The summed E-state index contributed by atoms with van der Waals surface area (Å²) in [5.41, 5.74) is 0. The van der Waals surface area contributed by atoms with Crippen LogP contribution in [0.3, 0.4) is 0 Å². The van der Waals surface area contributed by atoms with Crippen LogP contribution in [-0.2, 0) is 0 Å². The molecule has 1 aromatic rings. The quantitative estimate of drug-likeness (QED) is 0.931. The minimum Gasteiger partial charge on any atom is -0.473 e. The van der Waals surface area contributed by atoms with Gasteiger partial charge in [-0.1, -0.05) is 13.3 Å².